The van der Waals surface area contributed by atoms with Crippen LogP contribution in [0.5, 0.6) is 0 Å². The van der Waals surface area contributed by atoms with E-state index in [1.54, 1.807) is 11.3 Å². The highest BCUT2D eigenvalue weighted by Gasteiger charge is 2.22. The van der Waals surface area contributed by atoms with Crippen molar-refractivity contribution in [3.8, 4) is 0 Å². The van der Waals surface area contributed by atoms with Gasteiger partial charge >= 0.3 is 0 Å². The number of carbonyl (C=O) groups is 1. The number of thiophene rings is 1. The molecule has 1 unspecified atom stereocenters. The lowest BCUT2D eigenvalue weighted by Gasteiger charge is -2.27. The summed E-state index contributed by atoms with van der Waals surface area (Å²) in [5.74, 6) is 0.108. The maximum Gasteiger partial charge on any atom is 0.225 e. The zero-order chi connectivity index (χ0) is 14.7. The first-order valence-corrected chi connectivity index (χ1v) is 8.25. The Balaban J connectivity index is 1.53. The van der Waals surface area contributed by atoms with Gasteiger partial charge in [-0.1, -0.05) is 24.3 Å². The van der Waals surface area contributed by atoms with E-state index in [1.807, 2.05) is 17.5 Å². The molecule has 0 bridgehead atoms. The fraction of sp³-hybridized carbons (Fsp3) is 0.353. The molecule has 2 heterocycles. The number of fused-ring (bicyclic) bond motifs is 1. The second-order valence-electron chi connectivity index (χ2n) is 5.48. The van der Waals surface area contributed by atoms with Crippen molar-refractivity contribution in [2.45, 2.75) is 25.8 Å². The number of nitrogens with one attached hydrogen (secondary N) is 1. The van der Waals surface area contributed by atoms with Crippen molar-refractivity contribution >= 4 is 22.9 Å². The van der Waals surface area contributed by atoms with Gasteiger partial charge in [-0.25, -0.2) is 0 Å². The summed E-state index contributed by atoms with van der Waals surface area (Å²) >= 11 is 1.63. The Labute approximate surface area is 129 Å². The van der Waals surface area contributed by atoms with Crippen LogP contribution in [-0.2, 0) is 17.6 Å². The van der Waals surface area contributed by atoms with Gasteiger partial charge in [-0.3, -0.25) is 4.79 Å². The molecule has 0 spiro atoms. The molecule has 3 rings (SSSR count). The van der Waals surface area contributed by atoms with Crippen LogP contribution in [-0.4, -0.2) is 25.0 Å². The van der Waals surface area contributed by atoms with E-state index in [2.05, 4.69) is 41.4 Å². The van der Waals surface area contributed by atoms with Crippen LogP contribution in [0, 0.1) is 0 Å². The van der Waals surface area contributed by atoms with E-state index in [1.165, 1.54) is 11.3 Å². The number of rotatable bonds is 5. The van der Waals surface area contributed by atoms with E-state index in [-0.39, 0.29) is 5.91 Å². The highest BCUT2D eigenvalue weighted by molar-refractivity contribution is 7.10. The summed E-state index contributed by atoms with van der Waals surface area (Å²) in [7, 11) is 0. The van der Waals surface area contributed by atoms with Gasteiger partial charge in [0, 0.05) is 29.7 Å². The molecule has 3 nitrogen and oxygen atoms in total. The zero-order valence-electron chi connectivity index (χ0n) is 12.2. The molecular formula is C17H20N2OS. The maximum absolute atomic E-state index is 12.0. The first-order chi connectivity index (χ1) is 10.2. The van der Waals surface area contributed by atoms with E-state index >= 15 is 0 Å². The normalized spacial score (nSPS) is 14.8. The van der Waals surface area contributed by atoms with Crippen LogP contribution in [0.2, 0.25) is 0 Å². The van der Waals surface area contributed by atoms with Gasteiger partial charge in [0.15, 0.2) is 0 Å². The molecule has 0 radical (unpaired) electrons. The number of hydrogen-bond donors (Lipinski definition) is 1. The predicted octanol–water partition coefficient (Wildman–Crippen LogP) is 2.86. The fourth-order valence-electron chi connectivity index (χ4n) is 2.83. The lowest BCUT2D eigenvalue weighted by molar-refractivity contribution is -0.120. The molecule has 1 aliphatic heterocycles. The highest BCUT2D eigenvalue weighted by Crippen LogP contribution is 2.28. The van der Waals surface area contributed by atoms with Gasteiger partial charge in [-0.2, -0.15) is 0 Å². The molecule has 1 aromatic heterocycles. The van der Waals surface area contributed by atoms with Gasteiger partial charge in [0.1, 0.15) is 0 Å². The quantitative estimate of drug-likeness (QED) is 0.921. The Morgan fingerprint density at radius 1 is 1.33 bits per heavy atom. The van der Waals surface area contributed by atoms with E-state index in [9.17, 15) is 4.79 Å². The molecule has 1 aliphatic rings. The molecule has 2 aromatic rings. The number of anilines is 1. The van der Waals surface area contributed by atoms with Crippen molar-refractivity contribution < 1.29 is 4.79 Å². The Hall–Kier alpha value is -1.81. The van der Waals surface area contributed by atoms with Crippen LogP contribution in [0.15, 0.2) is 41.8 Å². The smallest absolute Gasteiger partial charge is 0.225 e. The zero-order valence-corrected chi connectivity index (χ0v) is 13.0. The summed E-state index contributed by atoms with van der Waals surface area (Å²) < 4.78 is 0. The third-order valence-corrected chi connectivity index (χ3v) is 4.84. The highest BCUT2D eigenvalue weighted by atomic mass is 32.1. The average molecular weight is 300 g/mol. The number of amides is 1. The lowest BCUT2D eigenvalue weighted by Crippen LogP contribution is -2.41. The van der Waals surface area contributed by atoms with Crippen LogP contribution in [0.25, 0.3) is 0 Å². The second kappa shape index (κ2) is 6.31. The van der Waals surface area contributed by atoms with Crippen LogP contribution in [0.4, 0.5) is 5.69 Å². The summed E-state index contributed by atoms with van der Waals surface area (Å²) in [5.41, 5.74) is 2.73. The summed E-state index contributed by atoms with van der Waals surface area (Å²) in [5, 5.41) is 5.06. The minimum Gasteiger partial charge on any atom is -0.366 e. The molecule has 21 heavy (non-hydrogen) atoms. The molecule has 1 aromatic carbocycles. The number of carbonyl (C=O) groups excluding carboxylic acids is 1. The van der Waals surface area contributed by atoms with Crippen LogP contribution >= 0.6 is 11.3 Å². The van der Waals surface area contributed by atoms with E-state index in [0.717, 1.165) is 17.8 Å². The van der Waals surface area contributed by atoms with Crippen molar-refractivity contribution in [2.24, 2.45) is 0 Å². The Morgan fingerprint density at radius 3 is 3.00 bits per heavy atom. The summed E-state index contributed by atoms with van der Waals surface area (Å²) in [6, 6.07) is 12.8. The average Bonchev–Trinajstić information content (AvgIpc) is 3.13. The second-order valence-corrected chi connectivity index (χ2v) is 6.51. The molecule has 0 fully saturated rings. The maximum atomic E-state index is 12.0. The van der Waals surface area contributed by atoms with Gasteiger partial charge in [0.25, 0.3) is 0 Å². The van der Waals surface area contributed by atoms with E-state index < -0.39 is 0 Å². The molecule has 0 saturated carbocycles. The molecule has 110 valence electrons. The number of hydrogen-bond acceptors (Lipinski definition) is 3. The van der Waals surface area contributed by atoms with Gasteiger partial charge in [-0.15, -0.1) is 11.3 Å². The monoisotopic (exact) mass is 300 g/mol. The number of nitrogens with zero attached hydrogens (tertiary/aromatic N) is 1. The number of para-hydroxylation sites is 1. The third-order valence-electron chi connectivity index (χ3n) is 3.96. The van der Waals surface area contributed by atoms with E-state index in [0.29, 0.717) is 19.0 Å². The molecule has 1 atom stereocenters. The van der Waals surface area contributed by atoms with Gasteiger partial charge in [0.2, 0.25) is 5.91 Å². The van der Waals surface area contributed by atoms with Crippen molar-refractivity contribution in [2.75, 3.05) is 18.0 Å². The summed E-state index contributed by atoms with van der Waals surface area (Å²) in [6.45, 7) is 3.91. The summed E-state index contributed by atoms with van der Waals surface area (Å²) in [6.07, 6.45) is 1.59. The minimum atomic E-state index is 0.108. The van der Waals surface area contributed by atoms with Gasteiger partial charge < -0.3 is 10.2 Å². The van der Waals surface area contributed by atoms with Crippen molar-refractivity contribution in [1.82, 2.24) is 5.32 Å². The predicted molar refractivity (Wildman–Crippen MR) is 88.0 cm³/mol. The molecular weight excluding hydrogens is 280 g/mol. The van der Waals surface area contributed by atoms with Crippen molar-refractivity contribution in [3.05, 3.63) is 52.2 Å². The first-order valence-electron chi connectivity index (χ1n) is 7.37. The van der Waals surface area contributed by atoms with Crippen molar-refractivity contribution in [3.63, 3.8) is 0 Å². The third kappa shape index (κ3) is 3.27. The first kappa shape index (κ1) is 14.1. The molecule has 1 amide bonds. The van der Waals surface area contributed by atoms with Crippen LogP contribution in [0.1, 0.15) is 17.4 Å². The Kier molecular flexibility index (Phi) is 4.25. The Morgan fingerprint density at radius 2 is 2.19 bits per heavy atom. The minimum absolute atomic E-state index is 0.108. The molecule has 0 saturated heterocycles. The molecule has 0 aliphatic carbocycles. The van der Waals surface area contributed by atoms with Gasteiger partial charge in [-0.05, 0) is 36.4 Å². The Bertz CT molecular complexity index is 609. The SMILES string of the molecule is CC(CNC(=O)Cc1cccs1)N1CCc2ccccc21. The van der Waals surface area contributed by atoms with Crippen LogP contribution in [0.3, 0.4) is 0 Å². The number of benzene rings is 1. The standard InChI is InChI=1S/C17H20N2OS/c1-13(12-18-17(20)11-15-6-4-10-21-15)19-9-8-14-5-2-3-7-16(14)19/h2-7,10,13H,8-9,11-12H2,1H3,(H,18,20). The van der Waals surface area contributed by atoms with Gasteiger partial charge in [0.05, 0.1) is 6.42 Å². The molecule has 4 heteroatoms. The molecule has 1 N–H and O–H groups in total. The van der Waals surface area contributed by atoms with Crippen molar-refractivity contribution in [1.29, 1.82) is 0 Å². The van der Waals surface area contributed by atoms with Crippen LogP contribution < -0.4 is 10.2 Å². The van der Waals surface area contributed by atoms with E-state index in [4.69, 9.17) is 0 Å². The fourth-order valence-corrected chi connectivity index (χ4v) is 3.53. The summed E-state index contributed by atoms with van der Waals surface area (Å²) in [4.78, 5) is 15.5. The topological polar surface area (TPSA) is 32.3 Å². The lowest BCUT2D eigenvalue weighted by atomic mass is 10.2. The largest absolute Gasteiger partial charge is 0.366 e.